The molecule has 0 saturated carbocycles. The van der Waals surface area contributed by atoms with Gasteiger partial charge in [0.1, 0.15) is 5.82 Å². The summed E-state index contributed by atoms with van der Waals surface area (Å²) in [5.74, 6) is 0.993. The molecule has 0 spiro atoms. The van der Waals surface area contributed by atoms with Gasteiger partial charge in [0.05, 0.1) is 12.1 Å². The van der Waals surface area contributed by atoms with Crippen LogP contribution in [0, 0.1) is 0 Å². The first kappa shape index (κ1) is 12.7. The highest BCUT2D eigenvalue weighted by atomic mass is 16.2. The number of pyridine rings is 1. The lowest BCUT2D eigenvalue weighted by molar-refractivity contribution is -0.127. The Morgan fingerprint density at radius 2 is 2.05 bits per heavy atom. The minimum absolute atomic E-state index is 0.140. The van der Waals surface area contributed by atoms with E-state index in [4.69, 9.17) is 5.73 Å². The molecule has 1 aliphatic heterocycles. The third-order valence-electron chi connectivity index (χ3n) is 3.70. The zero-order valence-electron chi connectivity index (χ0n) is 11.5. The molecular formula is C15H18N4O. The maximum atomic E-state index is 11.9. The summed E-state index contributed by atoms with van der Waals surface area (Å²) in [5.41, 5.74) is 7.41. The van der Waals surface area contributed by atoms with Crippen molar-refractivity contribution >= 4 is 28.3 Å². The first-order valence-electron chi connectivity index (χ1n) is 6.79. The number of carbonyl (C=O) groups excluding carboxylic acids is 1. The molecule has 1 aromatic heterocycles. The number of aromatic nitrogens is 1. The average molecular weight is 270 g/mol. The van der Waals surface area contributed by atoms with Gasteiger partial charge in [0.15, 0.2) is 0 Å². The average Bonchev–Trinajstić information content (AvgIpc) is 2.61. The van der Waals surface area contributed by atoms with Gasteiger partial charge in [-0.3, -0.25) is 4.79 Å². The zero-order chi connectivity index (χ0) is 14.1. The van der Waals surface area contributed by atoms with E-state index in [2.05, 4.69) is 4.98 Å². The molecule has 1 saturated heterocycles. The van der Waals surface area contributed by atoms with Crippen molar-refractivity contribution in [2.75, 3.05) is 37.3 Å². The number of amides is 1. The smallest absolute Gasteiger partial charge is 0.241 e. The van der Waals surface area contributed by atoms with Gasteiger partial charge in [-0.1, -0.05) is 0 Å². The molecule has 2 N–H and O–H groups in total. The van der Waals surface area contributed by atoms with Crippen molar-refractivity contribution in [3.05, 3.63) is 30.3 Å². The van der Waals surface area contributed by atoms with E-state index in [1.54, 1.807) is 4.90 Å². The number of hydrogen-bond acceptors (Lipinski definition) is 4. The van der Waals surface area contributed by atoms with E-state index >= 15 is 0 Å². The fourth-order valence-electron chi connectivity index (χ4n) is 2.49. The molecule has 1 aliphatic rings. The number of likely N-dealkylation sites (N-methyl/N-ethyl adjacent to an activating group) is 1. The van der Waals surface area contributed by atoms with Crippen LogP contribution in [0.4, 0.5) is 11.5 Å². The second-order valence-corrected chi connectivity index (χ2v) is 5.21. The number of nitrogens with two attached hydrogens (primary N) is 1. The van der Waals surface area contributed by atoms with Crippen molar-refractivity contribution in [2.24, 2.45) is 0 Å². The largest absolute Gasteiger partial charge is 0.399 e. The van der Waals surface area contributed by atoms with Crippen molar-refractivity contribution in [3.8, 4) is 0 Å². The number of anilines is 2. The number of fused-ring (bicyclic) bond motifs is 1. The Balaban J connectivity index is 1.93. The Bertz CT molecular complexity index is 655. The summed E-state index contributed by atoms with van der Waals surface area (Å²) in [5, 5.41) is 1.02. The summed E-state index contributed by atoms with van der Waals surface area (Å²) in [7, 11) is 1.85. The maximum Gasteiger partial charge on any atom is 0.241 e. The zero-order valence-corrected chi connectivity index (χ0v) is 11.5. The molecule has 0 radical (unpaired) electrons. The normalized spacial score (nSPS) is 16.6. The van der Waals surface area contributed by atoms with E-state index in [1.165, 1.54) is 0 Å². The molecule has 0 unspecified atom stereocenters. The highest BCUT2D eigenvalue weighted by molar-refractivity contribution is 5.85. The molecule has 2 heterocycles. The van der Waals surface area contributed by atoms with Gasteiger partial charge in [-0.25, -0.2) is 4.98 Å². The summed E-state index contributed by atoms with van der Waals surface area (Å²) >= 11 is 0. The molecule has 104 valence electrons. The predicted octanol–water partition coefficient (Wildman–Crippen LogP) is 1.49. The second-order valence-electron chi connectivity index (χ2n) is 5.21. The Morgan fingerprint density at radius 3 is 2.90 bits per heavy atom. The summed E-state index contributed by atoms with van der Waals surface area (Å²) < 4.78 is 0. The molecule has 3 rings (SSSR count). The van der Waals surface area contributed by atoms with Crippen LogP contribution in [0.5, 0.6) is 0 Å². The Labute approximate surface area is 118 Å². The number of nitrogens with zero attached hydrogens (tertiary/aromatic N) is 3. The third kappa shape index (κ3) is 2.39. The molecule has 1 fully saturated rings. The molecular weight excluding hydrogens is 252 g/mol. The van der Waals surface area contributed by atoms with Crippen LogP contribution in [0.1, 0.15) is 6.42 Å². The van der Waals surface area contributed by atoms with E-state index in [9.17, 15) is 4.79 Å². The fourth-order valence-corrected chi connectivity index (χ4v) is 2.49. The monoisotopic (exact) mass is 270 g/mol. The number of hydrogen-bond donors (Lipinski definition) is 1. The highest BCUT2D eigenvalue weighted by Gasteiger charge is 2.19. The van der Waals surface area contributed by atoms with Gasteiger partial charge in [-0.15, -0.1) is 0 Å². The lowest BCUT2D eigenvalue weighted by Gasteiger charge is -2.21. The number of nitrogen functional groups attached to an aromatic ring is 1. The molecule has 0 atom stereocenters. The van der Waals surface area contributed by atoms with E-state index < -0.39 is 0 Å². The molecule has 2 aromatic rings. The van der Waals surface area contributed by atoms with Crippen LogP contribution in [0.3, 0.4) is 0 Å². The standard InChI is InChI=1S/C15H18N4O/c1-18-7-2-8-19(10-15(18)20)14-6-3-11-9-12(16)4-5-13(11)17-14/h3-6,9H,2,7-8,10,16H2,1H3. The number of benzene rings is 1. The first-order valence-corrected chi connectivity index (χ1v) is 6.79. The van der Waals surface area contributed by atoms with Crippen molar-refractivity contribution in [2.45, 2.75) is 6.42 Å². The van der Waals surface area contributed by atoms with Crippen molar-refractivity contribution < 1.29 is 4.79 Å². The van der Waals surface area contributed by atoms with Gasteiger partial charge in [-0.2, -0.15) is 0 Å². The quantitative estimate of drug-likeness (QED) is 0.797. The van der Waals surface area contributed by atoms with Gasteiger partial charge in [0.2, 0.25) is 5.91 Å². The SMILES string of the molecule is CN1CCCN(c2ccc3cc(N)ccc3n2)CC1=O. The topological polar surface area (TPSA) is 62.5 Å². The van der Waals surface area contributed by atoms with Crippen LogP contribution < -0.4 is 10.6 Å². The molecule has 1 amide bonds. The van der Waals surface area contributed by atoms with Crippen LogP contribution >= 0.6 is 0 Å². The molecule has 0 bridgehead atoms. The number of carbonyl (C=O) groups is 1. The van der Waals surface area contributed by atoms with Gasteiger partial charge in [0, 0.05) is 31.2 Å². The van der Waals surface area contributed by atoms with Gasteiger partial charge in [-0.05, 0) is 36.8 Å². The molecule has 5 nitrogen and oxygen atoms in total. The van der Waals surface area contributed by atoms with Crippen molar-refractivity contribution in [1.29, 1.82) is 0 Å². The van der Waals surface area contributed by atoms with Crippen LogP contribution in [-0.4, -0.2) is 42.5 Å². The van der Waals surface area contributed by atoms with Crippen LogP contribution in [0.2, 0.25) is 0 Å². The molecule has 1 aromatic carbocycles. The van der Waals surface area contributed by atoms with Crippen molar-refractivity contribution in [1.82, 2.24) is 9.88 Å². The Kier molecular flexibility index (Phi) is 3.18. The summed E-state index contributed by atoms with van der Waals surface area (Å²) in [6, 6.07) is 9.64. The van der Waals surface area contributed by atoms with E-state index in [-0.39, 0.29) is 5.91 Å². The summed E-state index contributed by atoms with van der Waals surface area (Å²) in [4.78, 5) is 20.4. The lowest BCUT2D eigenvalue weighted by Crippen LogP contribution is -2.34. The van der Waals surface area contributed by atoms with Crippen LogP contribution in [0.15, 0.2) is 30.3 Å². The Hall–Kier alpha value is -2.30. The molecule has 20 heavy (non-hydrogen) atoms. The third-order valence-corrected chi connectivity index (χ3v) is 3.70. The van der Waals surface area contributed by atoms with Crippen molar-refractivity contribution in [3.63, 3.8) is 0 Å². The highest BCUT2D eigenvalue weighted by Crippen LogP contribution is 2.21. The van der Waals surface area contributed by atoms with Gasteiger partial charge < -0.3 is 15.5 Å². The molecule has 5 heteroatoms. The molecule has 0 aliphatic carbocycles. The van der Waals surface area contributed by atoms with E-state index in [0.29, 0.717) is 6.54 Å². The maximum absolute atomic E-state index is 11.9. The van der Waals surface area contributed by atoms with Crippen LogP contribution in [-0.2, 0) is 4.79 Å². The van der Waals surface area contributed by atoms with Gasteiger partial charge in [0.25, 0.3) is 0 Å². The first-order chi connectivity index (χ1) is 9.63. The van der Waals surface area contributed by atoms with E-state index in [1.807, 2.05) is 42.3 Å². The van der Waals surface area contributed by atoms with Gasteiger partial charge >= 0.3 is 0 Å². The fraction of sp³-hybridized carbons (Fsp3) is 0.333. The van der Waals surface area contributed by atoms with E-state index in [0.717, 1.165) is 41.9 Å². The van der Waals surface area contributed by atoms with Crippen LogP contribution in [0.25, 0.3) is 10.9 Å². The minimum atomic E-state index is 0.140. The second kappa shape index (κ2) is 5.00. The number of rotatable bonds is 1. The lowest BCUT2D eigenvalue weighted by atomic mass is 10.2. The summed E-state index contributed by atoms with van der Waals surface area (Å²) in [6.07, 6.45) is 0.962. The predicted molar refractivity (Wildman–Crippen MR) is 80.6 cm³/mol. The Morgan fingerprint density at radius 1 is 1.20 bits per heavy atom. The summed E-state index contributed by atoms with van der Waals surface area (Å²) in [6.45, 7) is 2.05. The minimum Gasteiger partial charge on any atom is -0.399 e.